The molecule has 1 aromatic rings. The number of nitrogens with zero attached hydrogens (tertiary/aromatic N) is 1. The highest BCUT2D eigenvalue weighted by Gasteiger charge is 2.36. The van der Waals surface area contributed by atoms with Crippen LogP contribution in [0.2, 0.25) is 0 Å². The third kappa shape index (κ3) is 2.20. The lowest BCUT2D eigenvalue weighted by Gasteiger charge is -2.25. The van der Waals surface area contributed by atoms with E-state index in [1.54, 1.807) is 6.92 Å². The number of hydrogen-bond acceptors (Lipinski definition) is 6. The standard InChI is InChI=1S/C13H12N2O3S/c1-7-10(13(16)17-2)11(8-3-4-19-6-8)9(5-14)12(15)18-7/h3-4,6,11H,15H2,1-2H3/t11-/m0/s1. The monoisotopic (exact) mass is 276 g/mol. The maximum Gasteiger partial charge on any atom is 0.338 e. The molecule has 1 aliphatic rings. The molecule has 1 aliphatic heterocycles. The van der Waals surface area contributed by atoms with E-state index in [0.717, 1.165) is 5.56 Å². The lowest BCUT2D eigenvalue weighted by molar-refractivity contribution is -0.136. The molecule has 1 aromatic heterocycles. The van der Waals surface area contributed by atoms with Crippen LogP contribution in [0.3, 0.4) is 0 Å². The molecule has 0 aromatic carbocycles. The van der Waals surface area contributed by atoms with Crippen molar-refractivity contribution in [3.05, 3.63) is 45.2 Å². The Morgan fingerprint density at radius 2 is 2.37 bits per heavy atom. The van der Waals surface area contributed by atoms with Gasteiger partial charge in [0, 0.05) is 0 Å². The van der Waals surface area contributed by atoms with Crippen molar-refractivity contribution < 1.29 is 14.3 Å². The van der Waals surface area contributed by atoms with Gasteiger partial charge in [0.05, 0.1) is 18.6 Å². The number of thiophene rings is 1. The summed E-state index contributed by atoms with van der Waals surface area (Å²) in [5, 5.41) is 13.0. The molecule has 0 fully saturated rings. The van der Waals surface area contributed by atoms with Crippen molar-refractivity contribution in [2.75, 3.05) is 7.11 Å². The number of allylic oxidation sites excluding steroid dienone is 2. The Hall–Kier alpha value is -2.26. The number of methoxy groups -OCH3 is 1. The summed E-state index contributed by atoms with van der Waals surface area (Å²) in [5.74, 6) is -0.658. The second kappa shape index (κ2) is 5.16. The molecule has 0 spiro atoms. The van der Waals surface area contributed by atoms with E-state index in [1.807, 2.05) is 22.9 Å². The van der Waals surface area contributed by atoms with Gasteiger partial charge in [0.2, 0.25) is 5.88 Å². The summed E-state index contributed by atoms with van der Waals surface area (Å²) in [6, 6.07) is 3.86. The zero-order valence-corrected chi connectivity index (χ0v) is 11.3. The van der Waals surface area contributed by atoms with Crippen molar-refractivity contribution in [3.8, 4) is 6.07 Å². The number of rotatable bonds is 2. The quantitative estimate of drug-likeness (QED) is 0.835. The number of carbonyl (C=O) groups is 1. The van der Waals surface area contributed by atoms with Crippen LogP contribution in [0.4, 0.5) is 0 Å². The van der Waals surface area contributed by atoms with Crippen molar-refractivity contribution in [2.24, 2.45) is 5.73 Å². The van der Waals surface area contributed by atoms with Gasteiger partial charge in [-0.15, -0.1) is 0 Å². The van der Waals surface area contributed by atoms with Crippen LogP contribution in [0.15, 0.2) is 39.6 Å². The van der Waals surface area contributed by atoms with Crippen LogP contribution in [0.5, 0.6) is 0 Å². The highest BCUT2D eigenvalue weighted by atomic mass is 32.1. The molecule has 0 radical (unpaired) electrons. The smallest absolute Gasteiger partial charge is 0.338 e. The van der Waals surface area contributed by atoms with Gasteiger partial charge in [-0.1, -0.05) is 0 Å². The molecule has 0 aliphatic carbocycles. The summed E-state index contributed by atoms with van der Waals surface area (Å²) in [5.41, 5.74) is 7.10. The minimum Gasteiger partial charge on any atom is -0.466 e. The van der Waals surface area contributed by atoms with E-state index in [4.69, 9.17) is 15.2 Å². The van der Waals surface area contributed by atoms with Crippen molar-refractivity contribution >= 4 is 17.3 Å². The molecule has 1 atom stereocenters. The average molecular weight is 276 g/mol. The molecular formula is C13H12N2O3S. The number of nitrogens with two attached hydrogens (primary N) is 1. The lowest BCUT2D eigenvalue weighted by Crippen LogP contribution is -2.24. The Bertz CT molecular complexity index is 608. The van der Waals surface area contributed by atoms with Gasteiger partial charge >= 0.3 is 5.97 Å². The Balaban J connectivity index is 2.61. The molecule has 6 heteroatoms. The maximum absolute atomic E-state index is 11.9. The minimum atomic E-state index is -0.530. The Morgan fingerprint density at radius 1 is 1.63 bits per heavy atom. The van der Waals surface area contributed by atoms with Crippen LogP contribution in [-0.2, 0) is 14.3 Å². The van der Waals surface area contributed by atoms with Crippen LogP contribution in [-0.4, -0.2) is 13.1 Å². The molecule has 98 valence electrons. The van der Waals surface area contributed by atoms with Crippen molar-refractivity contribution in [3.63, 3.8) is 0 Å². The SMILES string of the molecule is COC(=O)C1=C(C)OC(N)=C(C#N)[C@@H]1c1ccsc1. The molecule has 19 heavy (non-hydrogen) atoms. The molecule has 2 N–H and O–H groups in total. The van der Waals surface area contributed by atoms with E-state index in [0.29, 0.717) is 11.3 Å². The summed E-state index contributed by atoms with van der Waals surface area (Å²) in [6.45, 7) is 1.63. The highest BCUT2D eigenvalue weighted by Crippen LogP contribution is 2.39. The number of nitriles is 1. The largest absolute Gasteiger partial charge is 0.466 e. The Labute approximate surface area is 114 Å². The number of hydrogen-bond donors (Lipinski definition) is 1. The van der Waals surface area contributed by atoms with E-state index in [2.05, 4.69) is 0 Å². The fourth-order valence-electron chi connectivity index (χ4n) is 2.03. The van der Waals surface area contributed by atoms with Crippen LogP contribution in [0.25, 0.3) is 0 Å². The Morgan fingerprint density at radius 3 is 2.89 bits per heavy atom. The number of carbonyl (C=O) groups excluding carboxylic acids is 1. The third-order valence-electron chi connectivity index (χ3n) is 2.89. The summed E-state index contributed by atoms with van der Waals surface area (Å²) >= 11 is 1.48. The lowest BCUT2D eigenvalue weighted by atomic mass is 9.84. The molecule has 2 heterocycles. The predicted octanol–water partition coefficient (Wildman–Crippen LogP) is 2.00. The van der Waals surface area contributed by atoms with Gasteiger partial charge in [0.1, 0.15) is 17.4 Å². The molecule has 0 bridgehead atoms. The van der Waals surface area contributed by atoms with Crippen molar-refractivity contribution in [1.29, 1.82) is 5.26 Å². The molecule has 0 unspecified atom stereocenters. The fraction of sp³-hybridized carbons (Fsp3) is 0.231. The third-order valence-corrected chi connectivity index (χ3v) is 3.59. The van der Waals surface area contributed by atoms with Gasteiger partial charge in [-0.3, -0.25) is 0 Å². The zero-order valence-electron chi connectivity index (χ0n) is 10.5. The van der Waals surface area contributed by atoms with E-state index in [1.165, 1.54) is 18.4 Å². The average Bonchev–Trinajstić information content (AvgIpc) is 2.90. The second-order valence-electron chi connectivity index (χ2n) is 3.94. The van der Waals surface area contributed by atoms with Gasteiger partial charge in [0.15, 0.2) is 0 Å². The van der Waals surface area contributed by atoms with Gasteiger partial charge in [-0.2, -0.15) is 16.6 Å². The summed E-state index contributed by atoms with van der Waals surface area (Å²) in [6.07, 6.45) is 0. The first-order valence-electron chi connectivity index (χ1n) is 5.49. The minimum absolute atomic E-state index is 0.0313. The number of ether oxygens (including phenoxy) is 2. The van der Waals surface area contributed by atoms with Gasteiger partial charge < -0.3 is 15.2 Å². The molecule has 5 nitrogen and oxygen atoms in total. The van der Waals surface area contributed by atoms with Gasteiger partial charge in [-0.05, 0) is 29.3 Å². The molecule has 0 amide bonds. The topological polar surface area (TPSA) is 85.3 Å². The predicted molar refractivity (Wildman–Crippen MR) is 69.7 cm³/mol. The van der Waals surface area contributed by atoms with Crippen molar-refractivity contribution in [2.45, 2.75) is 12.8 Å². The van der Waals surface area contributed by atoms with Gasteiger partial charge in [-0.25, -0.2) is 4.79 Å². The molecule has 0 saturated carbocycles. The van der Waals surface area contributed by atoms with Crippen LogP contribution in [0, 0.1) is 11.3 Å². The summed E-state index contributed by atoms with van der Waals surface area (Å²) in [7, 11) is 1.29. The summed E-state index contributed by atoms with van der Waals surface area (Å²) in [4.78, 5) is 11.9. The second-order valence-corrected chi connectivity index (χ2v) is 4.72. The Kier molecular flexibility index (Phi) is 3.58. The first-order valence-corrected chi connectivity index (χ1v) is 6.43. The highest BCUT2D eigenvalue weighted by molar-refractivity contribution is 7.08. The normalized spacial score (nSPS) is 18.9. The van der Waals surface area contributed by atoms with Crippen LogP contribution >= 0.6 is 11.3 Å². The fourth-order valence-corrected chi connectivity index (χ4v) is 2.71. The molecule has 0 saturated heterocycles. The van der Waals surface area contributed by atoms with E-state index in [-0.39, 0.29) is 11.5 Å². The van der Waals surface area contributed by atoms with E-state index >= 15 is 0 Å². The maximum atomic E-state index is 11.9. The number of esters is 1. The zero-order chi connectivity index (χ0) is 14.0. The molecule has 2 rings (SSSR count). The summed E-state index contributed by atoms with van der Waals surface area (Å²) < 4.78 is 10.0. The van der Waals surface area contributed by atoms with Gasteiger partial charge in [0.25, 0.3) is 0 Å². The first kappa shape index (κ1) is 13.2. The first-order chi connectivity index (χ1) is 9.10. The molecular weight excluding hydrogens is 264 g/mol. The van der Waals surface area contributed by atoms with E-state index < -0.39 is 11.9 Å². The van der Waals surface area contributed by atoms with E-state index in [9.17, 15) is 10.1 Å². The van der Waals surface area contributed by atoms with Crippen molar-refractivity contribution in [1.82, 2.24) is 0 Å². The van der Waals surface area contributed by atoms with Crippen LogP contribution in [0.1, 0.15) is 18.4 Å². The van der Waals surface area contributed by atoms with Crippen LogP contribution < -0.4 is 5.73 Å².